The Labute approximate surface area is 173 Å². The molecule has 0 aromatic carbocycles. The van der Waals surface area contributed by atoms with Crippen LogP contribution in [-0.4, -0.2) is 37.2 Å². The van der Waals surface area contributed by atoms with Gasteiger partial charge in [0.05, 0.1) is 17.4 Å². The van der Waals surface area contributed by atoms with Crippen LogP contribution >= 0.6 is 0 Å². The van der Waals surface area contributed by atoms with E-state index in [1.54, 1.807) is 0 Å². The van der Waals surface area contributed by atoms with Crippen LogP contribution in [0.3, 0.4) is 0 Å². The highest BCUT2D eigenvalue weighted by Crippen LogP contribution is 2.34. The van der Waals surface area contributed by atoms with Gasteiger partial charge in [-0.2, -0.15) is 0 Å². The van der Waals surface area contributed by atoms with Gasteiger partial charge in [-0.1, -0.05) is 34.1 Å². The van der Waals surface area contributed by atoms with Crippen molar-refractivity contribution in [2.24, 2.45) is 16.2 Å². The number of carbonyl (C=O) groups is 2. The highest BCUT2D eigenvalue weighted by molar-refractivity contribution is 5.77. The van der Waals surface area contributed by atoms with Gasteiger partial charge in [0.1, 0.15) is 6.61 Å². The van der Waals surface area contributed by atoms with Crippen molar-refractivity contribution in [2.75, 3.05) is 19.8 Å². The fourth-order valence-electron chi connectivity index (χ4n) is 2.67. The van der Waals surface area contributed by atoms with Crippen molar-refractivity contribution < 1.29 is 19.1 Å². The molecule has 0 fully saturated rings. The van der Waals surface area contributed by atoms with Crippen molar-refractivity contribution in [3.05, 3.63) is 0 Å². The maximum absolute atomic E-state index is 12.6. The molecule has 0 bridgehead atoms. The monoisotopic (exact) mass is 399 g/mol. The van der Waals surface area contributed by atoms with Crippen LogP contribution in [0.15, 0.2) is 0 Å². The van der Waals surface area contributed by atoms with Crippen molar-refractivity contribution in [1.82, 2.24) is 5.32 Å². The summed E-state index contributed by atoms with van der Waals surface area (Å²) >= 11 is 0. The van der Waals surface area contributed by atoms with Gasteiger partial charge in [0.25, 0.3) is 0 Å². The number of hydrogen-bond donors (Lipinski definition) is 1. The summed E-state index contributed by atoms with van der Waals surface area (Å²) in [4.78, 5) is 25.0. The third kappa shape index (κ3) is 11.0. The molecule has 0 aromatic rings. The number of ether oxygens (including phenoxy) is 2. The van der Waals surface area contributed by atoms with E-state index in [9.17, 15) is 9.59 Å². The molecule has 166 valence electrons. The third-order valence-electron chi connectivity index (χ3n) is 4.98. The second-order valence-corrected chi connectivity index (χ2v) is 11.1. The summed E-state index contributed by atoms with van der Waals surface area (Å²) < 4.78 is 11.0. The molecule has 0 spiro atoms. The van der Waals surface area contributed by atoms with E-state index >= 15 is 0 Å². The molecule has 0 heterocycles. The van der Waals surface area contributed by atoms with Crippen molar-refractivity contribution >= 4 is 11.9 Å². The lowest BCUT2D eigenvalue weighted by molar-refractivity contribution is -0.158. The first kappa shape index (κ1) is 26.9. The van der Waals surface area contributed by atoms with E-state index < -0.39 is 10.8 Å². The lowest BCUT2D eigenvalue weighted by Gasteiger charge is -2.30. The molecule has 5 heteroatoms. The van der Waals surface area contributed by atoms with E-state index in [0.717, 1.165) is 12.8 Å². The summed E-state index contributed by atoms with van der Waals surface area (Å²) in [6.07, 6.45) is 2.88. The topological polar surface area (TPSA) is 64.6 Å². The zero-order valence-electron chi connectivity index (χ0n) is 20.1. The Morgan fingerprint density at radius 1 is 0.821 bits per heavy atom. The van der Waals surface area contributed by atoms with E-state index in [2.05, 4.69) is 46.9 Å². The molecule has 0 amide bonds. The van der Waals surface area contributed by atoms with E-state index in [-0.39, 0.29) is 22.9 Å². The van der Waals surface area contributed by atoms with Crippen LogP contribution in [0.1, 0.15) is 94.9 Å². The minimum atomic E-state index is -0.564. The summed E-state index contributed by atoms with van der Waals surface area (Å²) in [5.41, 5.74) is -1.11. The van der Waals surface area contributed by atoms with Crippen molar-refractivity contribution in [2.45, 2.75) is 100 Å². The number of nitrogens with one attached hydrogen (secondary N) is 1. The minimum Gasteiger partial charge on any atom is -0.465 e. The molecule has 0 saturated carbocycles. The molecular weight excluding hydrogens is 354 g/mol. The molecule has 0 aliphatic heterocycles. The van der Waals surface area contributed by atoms with Gasteiger partial charge in [0, 0.05) is 12.1 Å². The van der Waals surface area contributed by atoms with E-state index in [4.69, 9.17) is 9.47 Å². The van der Waals surface area contributed by atoms with Gasteiger partial charge in [0.15, 0.2) is 0 Å². The van der Waals surface area contributed by atoms with Gasteiger partial charge >= 0.3 is 11.9 Å². The molecular formula is C23H45NO4. The van der Waals surface area contributed by atoms with Crippen LogP contribution in [-0.2, 0) is 19.1 Å². The predicted octanol–water partition coefficient (Wildman–Crippen LogP) is 5.12. The maximum Gasteiger partial charge on any atom is 0.311 e. The molecule has 0 aromatic heterocycles. The maximum atomic E-state index is 12.6. The number of esters is 2. The molecule has 5 nitrogen and oxygen atoms in total. The smallest absolute Gasteiger partial charge is 0.311 e. The summed E-state index contributed by atoms with van der Waals surface area (Å²) in [5, 5.41) is 3.31. The van der Waals surface area contributed by atoms with Crippen molar-refractivity contribution in [1.29, 1.82) is 0 Å². The molecule has 0 aliphatic carbocycles. The number of rotatable bonds is 11. The van der Waals surface area contributed by atoms with Crippen LogP contribution in [0.5, 0.6) is 0 Å². The van der Waals surface area contributed by atoms with Crippen LogP contribution in [0, 0.1) is 16.2 Å². The zero-order valence-corrected chi connectivity index (χ0v) is 20.1. The first-order chi connectivity index (χ1) is 12.5. The van der Waals surface area contributed by atoms with Crippen LogP contribution < -0.4 is 5.32 Å². The standard InChI is InChI=1S/C23H45NO4/c1-11-23(10,19(26)28-17-20(2,3)4)14-12-13-22(8,9)18(25)27-16-15-24-21(5,6)7/h24H,11-17H2,1-10H3. The summed E-state index contributed by atoms with van der Waals surface area (Å²) in [6, 6.07) is 0. The second kappa shape index (κ2) is 10.6. The third-order valence-corrected chi connectivity index (χ3v) is 4.98. The summed E-state index contributed by atoms with van der Waals surface area (Å²) in [5.74, 6) is -0.324. The zero-order chi connectivity index (χ0) is 22.2. The Hall–Kier alpha value is -1.10. The summed E-state index contributed by atoms with van der Waals surface area (Å²) in [6.45, 7) is 21.6. The minimum absolute atomic E-state index is 0.00807. The average molecular weight is 400 g/mol. The van der Waals surface area contributed by atoms with Crippen molar-refractivity contribution in [3.63, 3.8) is 0 Å². The Kier molecular flexibility index (Phi) is 10.2. The Morgan fingerprint density at radius 2 is 1.39 bits per heavy atom. The average Bonchev–Trinajstić information content (AvgIpc) is 2.54. The van der Waals surface area contributed by atoms with Crippen molar-refractivity contribution in [3.8, 4) is 0 Å². The van der Waals surface area contributed by atoms with Crippen LogP contribution in [0.4, 0.5) is 0 Å². The molecule has 1 N–H and O–H groups in total. The van der Waals surface area contributed by atoms with Crippen LogP contribution in [0.2, 0.25) is 0 Å². The lowest BCUT2D eigenvalue weighted by Crippen LogP contribution is -2.39. The normalized spacial score (nSPS) is 15.1. The first-order valence-corrected chi connectivity index (χ1v) is 10.6. The van der Waals surface area contributed by atoms with Gasteiger partial charge < -0.3 is 14.8 Å². The molecule has 0 radical (unpaired) electrons. The lowest BCUT2D eigenvalue weighted by atomic mass is 9.79. The van der Waals surface area contributed by atoms with Gasteiger partial charge in [-0.15, -0.1) is 0 Å². The van der Waals surface area contributed by atoms with Gasteiger partial charge in [-0.05, 0) is 66.2 Å². The van der Waals surface area contributed by atoms with E-state index in [0.29, 0.717) is 32.6 Å². The molecule has 28 heavy (non-hydrogen) atoms. The van der Waals surface area contributed by atoms with Gasteiger partial charge in [0.2, 0.25) is 0 Å². The fraction of sp³-hybridized carbons (Fsp3) is 0.913. The highest BCUT2D eigenvalue weighted by atomic mass is 16.5. The van der Waals surface area contributed by atoms with Gasteiger partial charge in [-0.25, -0.2) is 0 Å². The van der Waals surface area contributed by atoms with E-state index in [1.165, 1.54) is 0 Å². The second-order valence-electron chi connectivity index (χ2n) is 11.1. The molecule has 0 saturated heterocycles. The Bertz CT molecular complexity index is 500. The van der Waals surface area contributed by atoms with E-state index in [1.807, 2.05) is 27.7 Å². The molecule has 0 aliphatic rings. The largest absolute Gasteiger partial charge is 0.465 e. The highest BCUT2D eigenvalue weighted by Gasteiger charge is 2.35. The Morgan fingerprint density at radius 3 is 1.86 bits per heavy atom. The number of hydrogen-bond acceptors (Lipinski definition) is 5. The summed E-state index contributed by atoms with van der Waals surface area (Å²) in [7, 11) is 0. The number of carbonyl (C=O) groups excluding carboxylic acids is 2. The molecule has 1 unspecified atom stereocenters. The SMILES string of the molecule is CCC(C)(CCCC(C)(C)C(=O)OCCNC(C)(C)C)C(=O)OCC(C)(C)C. The fourth-order valence-corrected chi connectivity index (χ4v) is 2.67. The molecule has 1 atom stereocenters. The predicted molar refractivity (Wildman–Crippen MR) is 115 cm³/mol. The van der Waals surface area contributed by atoms with Gasteiger partial charge in [-0.3, -0.25) is 9.59 Å². The Balaban J connectivity index is 4.50. The first-order valence-electron chi connectivity index (χ1n) is 10.6. The molecule has 0 rings (SSSR count). The quantitative estimate of drug-likeness (QED) is 0.386. The van der Waals surface area contributed by atoms with Crippen LogP contribution in [0.25, 0.3) is 0 Å².